The van der Waals surface area contributed by atoms with E-state index < -0.39 is 21.1 Å². The molecule has 0 unspecified atom stereocenters. The van der Waals surface area contributed by atoms with Gasteiger partial charge in [-0.2, -0.15) is 0 Å². The smallest absolute Gasteiger partial charge is 0.238 e. The van der Waals surface area contributed by atoms with E-state index in [4.69, 9.17) is 15.1 Å². The summed E-state index contributed by atoms with van der Waals surface area (Å²) in [5.41, 5.74) is 2.76. The number of primary sulfonamides is 1. The summed E-state index contributed by atoms with van der Waals surface area (Å²) in [5, 5.41) is 7.36. The predicted molar refractivity (Wildman–Crippen MR) is 142 cm³/mol. The maximum atomic E-state index is 12.5. The first-order chi connectivity index (χ1) is 17.2. The summed E-state index contributed by atoms with van der Waals surface area (Å²) in [5.74, 6) is 0. The minimum atomic E-state index is -3.91. The minimum Gasteiger partial charge on any atom is -0.253 e. The number of rotatable bonds is 7. The van der Waals surface area contributed by atoms with E-state index in [1.807, 2.05) is 73.7 Å². The predicted octanol–water partition coefficient (Wildman–Crippen LogP) is 4.29. The Morgan fingerprint density at radius 2 is 1.28 bits per heavy atom. The van der Waals surface area contributed by atoms with Crippen LogP contribution in [0, 0.1) is 0 Å². The lowest BCUT2D eigenvalue weighted by atomic mass is 9.66. The van der Waals surface area contributed by atoms with E-state index in [9.17, 15) is 8.42 Å². The van der Waals surface area contributed by atoms with Crippen molar-refractivity contribution in [2.24, 2.45) is 15.1 Å². The molecular formula is C30H29N3O2S. The summed E-state index contributed by atoms with van der Waals surface area (Å²) >= 11 is 0. The van der Waals surface area contributed by atoms with Gasteiger partial charge in [0.2, 0.25) is 10.0 Å². The first kappa shape index (κ1) is 24.1. The highest BCUT2D eigenvalue weighted by Gasteiger charge is 2.38. The lowest BCUT2D eigenvalue weighted by Gasteiger charge is -2.37. The molecule has 1 heterocycles. The topological polar surface area (TPSA) is 84.9 Å². The standard InChI is InChI=1S/C30H29N3O2S/c1-3-30(23-12-6-4-7-13-23,24-14-8-5-9-15-24)26-20-25(36(31,34)35)19-18-22(26)21-29(2)32-27-16-10-11-17-28(27)33-29/h4-20H,3,21H2,1-2H3,(H2,31,34,35). The fraction of sp³-hybridized carbons (Fsp3) is 0.200. The molecule has 0 amide bonds. The van der Waals surface area contributed by atoms with Gasteiger partial charge in [0, 0.05) is 11.8 Å². The molecule has 0 saturated heterocycles. The molecule has 2 N–H and O–H groups in total. The summed E-state index contributed by atoms with van der Waals surface area (Å²) in [6.45, 7) is 4.15. The molecule has 0 fully saturated rings. The zero-order valence-electron chi connectivity index (χ0n) is 20.4. The van der Waals surface area contributed by atoms with Gasteiger partial charge in [0.1, 0.15) is 0 Å². The third-order valence-corrected chi connectivity index (χ3v) is 7.97. The summed E-state index contributed by atoms with van der Waals surface area (Å²) in [6.07, 6.45) is 1.23. The Bertz CT molecular complexity index is 1560. The van der Waals surface area contributed by atoms with Crippen LogP contribution in [0.5, 0.6) is 0 Å². The largest absolute Gasteiger partial charge is 0.253 e. The second-order valence-electron chi connectivity index (χ2n) is 9.46. The highest BCUT2D eigenvalue weighted by atomic mass is 32.2. The van der Waals surface area contributed by atoms with Crippen LogP contribution in [0.3, 0.4) is 0 Å². The number of benzene rings is 4. The Hall–Kier alpha value is -3.61. The molecule has 0 radical (unpaired) electrons. The van der Waals surface area contributed by atoms with Crippen molar-refractivity contribution in [2.45, 2.75) is 42.7 Å². The molecule has 1 aliphatic rings. The Morgan fingerprint density at radius 3 is 1.75 bits per heavy atom. The van der Waals surface area contributed by atoms with Crippen molar-refractivity contribution in [3.8, 4) is 0 Å². The highest BCUT2D eigenvalue weighted by molar-refractivity contribution is 7.89. The first-order valence-corrected chi connectivity index (χ1v) is 13.6. The molecule has 6 heteroatoms. The summed E-state index contributed by atoms with van der Waals surface area (Å²) in [7, 11) is -3.91. The van der Waals surface area contributed by atoms with E-state index in [1.165, 1.54) is 0 Å². The average Bonchev–Trinajstić information content (AvgIpc) is 3.22. The maximum absolute atomic E-state index is 12.5. The van der Waals surface area contributed by atoms with Crippen LogP contribution in [0.1, 0.15) is 42.5 Å². The number of para-hydroxylation sites is 2. The number of hydrogen-bond donors (Lipinski definition) is 1. The first-order valence-electron chi connectivity index (χ1n) is 12.1. The van der Waals surface area contributed by atoms with Crippen molar-refractivity contribution >= 4 is 10.0 Å². The Kier molecular flexibility index (Phi) is 6.10. The van der Waals surface area contributed by atoms with Crippen molar-refractivity contribution in [3.63, 3.8) is 0 Å². The van der Waals surface area contributed by atoms with Gasteiger partial charge in [-0.25, -0.2) is 13.6 Å². The zero-order chi connectivity index (χ0) is 25.4. The van der Waals surface area contributed by atoms with Crippen LogP contribution in [0.4, 0.5) is 0 Å². The molecule has 36 heavy (non-hydrogen) atoms. The second-order valence-corrected chi connectivity index (χ2v) is 11.0. The fourth-order valence-corrected chi connectivity index (χ4v) is 5.98. The lowest BCUT2D eigenvalue weighted by molar-refractivity contribution is 0.481. The maximum Gasteiger partial charge on any atom is 0.238 e. The number of nitrogens with zero attached hydrogens (tertiary/aromatic N) is 2. The Balaban J connectivity index is 1.79. The lowest BCUT2D eigenvalue weighted by Crippen LogP contribution is -2.32. The minimum absolute atomic E-state index is 0.0969. The van der Waals surface area contributed by atoms with E-state index in [1.54, 1.807) is 12.1 Å². The molecule has 0 aliphatic carbocycles. The molecule has 0 saturated carbocycles. The number of sulfonamides is 1. The summed E-state index contributed by atoms with van der Waals surface area (Å²) in [4.78, 5) is 9.97. The third-order valence-electron chi connectivity index (χ3n) is 7.06. The van der Waals surface area contributed by atoms with Crippen molar-refractivity contribution < 1.29 is 8.42 Å². The molecule has 0 aromatic heterocycles. The highest BCUT2D eigenvalue weighted by Crippen LogP contribution is 2.45. The van der Waals surface area contributed by atoms with Crippen LogP contribution < -0.4 is 15.9 Å². The molecule has 5 rings (SSSR count). The number of fused-ring (bicyclic) bond motifs is 1. The Morgan fingerprint density at radius 1 is 0.778 bits per heavy atom. The van der Waals surface area contributed by atoms with Gasteiger partial charge in [0.15, 0.2) is 5.66 Å². The van der Waals surface area contributed by atoms with Gasteiger partial charge >= 0.3 is 0 Å². The van der Waals surface area contributed by atoms with Crippen molar-refractivity contribution in [1.82, 2.24) is 0 Å². The van der Waals surface area contributed by atoms with E-state index >= 15 is 0 Å². The monoisotopic (exact) mass is 495 g/mol. The molecule has 1 aliphatic heterocycles. The van der Waals surface area contributed by atoms with E-state index in [0.29, 0.717) is 12.8 Å². The van der Waals surface area contributed by atoms with Gasteiger partial charge in [0.25, 0.3) is 0 Å². The van der Waals surface area contributed by atoms with Crippen LogP contribution in [0.15, 0.2) is 118 Å². The molecule has 0 spiro atoms. The zero-order valence-corrected chi connectivity index (χ0v) is 21.2. The summed E-state index contributed by atoms with van der Waals surface area (Å²) in [6, 6.07) is 33.6. The SMILES string of the molecule is CCC(c1ccccc1)(c1ccccc1)c1cc(S(N)(=O)=O)ccc1CC1(C)N=c2ccccc2=N1. The van der Waals surface area contributed by atoms with Gasteiger partial charge in [-0.15, -0.1) is 0 Å². The number of hydrogen-bond acceptors (Lipinski definition) is 4. The van der Waals surface area contributed by atoms with Crippen LogP contribution >= 0.6 is 0 Å². The third kappa shape index (κ3) is 4.27. The van der Waals surface area contributed by atoms with Crippen LogP contribution in [-0.4, -0.2) is 14.1 Å². The quantitative estimate of drug-likeness (QED) is 0.388. The van der Waals surface area contributed by atoms with Gasteiger partial charge in [-0.3, -0.25) is 9.98 Å². The Labute approximate surface area is 212 Å². The molecule has 0 atom stereocenters. The van der Waals surface area contributed by atoms with Gasteiger partial charge in [-0.1, -0.05) is 85.8 Å². The molecule has 4 aromatic carbocycles. The van der Waals surface area contributed by atoms with Crippen molar-refractivity contribution in [3.05, 3.63) is 136 Å². The van der Waals surface area contributed by atoms with E-state index in [0.717, 1.165) is 33.0 Å². The van der Waals surface area contributed by atoms with Gasteiger partial charge < -0.3 is 0 Å². The molecular weight excluding hydrogens is 466 g/mol. The van der Waals surface area contributed by atoms with Crippen molar-refractivity contribution in [2.75, 3.05) is 0 Å². The van der Waals surface area contributed by atoms with Crippen LogP contribution in [0.2, 0.25) is 0 Å². The average molecular weight is 496 g/mol. The normalized spacial score (nSPS) is 14.5. The van der Waals surface area contributed by atoms with Crippen LogP contribution in [-0.2, 0) is 21.9 Å². The van der Waals surface area contributed by atoms with E-state index in [-0.39, 0.29) is 4.90 Å². The van der Waals surface area contributed by atoms with Gasteiger partial charge in [0.05, 0.1) is 15.6 Å². The number of nitrogens with two attached hydrogens (primary N) is 1. The van der Waals surface area contributed by atoms with Gasteiger partial charge in [-0.05, 0) is 59.9 Å². The van der Waals surface area contributed by atoms with Crippen LogP contribution in [0.25, 0.3) is 0 Å². The molecule has 4 aromatic rings. The summed E-state index contributed by atoms with van der Waals surface area (Å²) < 4.78 is 25.0. The second kappa shape index (κ2) is 9.12. The fourth-order valence-electron chi connectivity index (χ4n) is 5.44. The molecule has 182 valence electrons. The molecule has 0 bridgehead atoms. The van der Waals surface area contributed by atoms with Crippen molar-refractivity contribution in [1.29, 1.82) is 0 Å². The van der Waals surface area contributed by atoms with E-state index in [2.05, 4.69) is 31.2 Å². The molecule has 5 nitrogen and oxygen atoms in total.